The molecule has 1 amide bonds. The third-order valence-corrected chi connectivity index (χ3v) is 2.57. The number of Topliss-reactive ketones (excluding diaryl/α,β-unsaturated/α-hetero) is 1. The topological polar surface area (TPSA) is 63.2 Å². The number of carbonyl (C=O) groups is 3. The van der Waals surface area contributed by atoms with Gasteiger partial charge in [-0.05, 0) is 6.42 Å². The van der Waals surface area contributed by atoms with Gasteiger partial charge in [-0.1, -0.05) is 11.8 Å². The Balaban J connectivity index is 2.46. The fraction of sp³-hybridized carbons (Fsp3) is 0.571. The first kappa shape index (κ1) is 9.25. The first-order chi connectivity index (χ1) is 5.61. The van der Waals surface area contributed by atoms with Crippen molar-refractivity contribution >= 4 is 28.6 Å². The predicted molar refractivity (Wildman–Crippen MR) is 44.7 cm³/mol. The Kier molecular flexibility index (Phi) is 2.86. The summed E-state index contributed by atoms with van der Waals surface area (Å²) in [5.74, 6) is -0.502. The maximum absolute atomic E-state index is 11.0. The highest BCUT2D eigenvalue weighted by Gasteiger charge is 2.27. The fourth-order valence-electron chi connectivity index (χ4n) is 0.887. The summed E-state index contributed by atoms with van der Waals surface area (Å²) >= 11 is 1.19. The predicted octanol–water partition coefficient (Wildman–Crippen LogP) is -0.276. The highest BCUT2D eigenvalue weighted by atomic mass is 32.2. The second kappa shape index (κ2) is 3.71. The van der Waals surface area contributed by atoms with Crippen LogP contribution in [-0.4, -0.2) is 28.6 Å². The van der Waals surface area contributed by atoms with Crippen LogP contribution < -0.4 is 5.32 Å². The van der Waals surface area contributed by atoms with E-state index in [-0.39, 0.29) is 5.12 Å². The molecule has 0 spiro atoms. The van der Waals surface area contributed by atoms with Crippen LogP contribution >= 0.6 is 11.8 Å². The minimum atomic E-state index is -0.671. The van der Waals surface area contributed by atoms with Gasteiger partial charge in [-0.15, -0.1) is 0 Å². The highest BCUT2D eigenvalue weighted by molar-refractivity contribution is 8.14. The van der Waals surface area contributed by atoms with Gasteiger partial charge in [0.2, 0.25) is 10.9 Å². The molecule has 1 heterocycles. The molecule has 1 saturated heterocycles. The molecule has 0 bridgehead atoms. The number of thioether (sulfide) groups is 1. The zero-order valence-corrected chi connectivity index (χ0v) is 7.44. The Morgan fingerprint density at radius 3 is 2.67 bits per heavy atom. The van der Waals surface area contributed by atoms with Crippen LogP contribution in [-0.2, 0) is 14.4 Å². The summed E-state index contributed by atoms with van der Waals surface area (Å²) in [7, 11) is 0. The zero-order chi connectivity index (χ0) is 9.14. The van der Waals surface area contributed by atoms with Crippen LogP contribution in [0.3, 0.4) is 0 Å². The molecule has 0 aromatic carbocycles. The van der Waals surface area contributed by atoms with Crippen molar-refractivity contribution in [3.05, 3.63) is 0 Å². The van der Waals surface area contributed by atoms with E-state index in [1.165, 1.54) is 18.7 Å². The second-order valence-corrected chi connectivity index (χ2v) is 3.64. The molecule has 1 aliphatic heterocycles. The van der Waals surface area contributed by atoms with Gasteiger partial charge in [-0.2, -0.15) is 0 Å². The lowest BCUT2D eigenvalue weighted by molar-refractivity contribution is -0.137. The van der Waals surface area contributed by atoms with Gasteiger partial charge in [-0.3, -0.25) is 14.4 Å². The highest BCUT2D eigenvalue weighted by Crippen LogP contribution is 2.19. The van der Waals surface area contributed by atoms with Gasteiger partial charge >= 0.3 is 0 Å². The van der Waals surface area contributed by atoms with Crippen LogP contribution in [0.4, 0.5) is 0 Å². The first-order valence-corrected chi connectivity index (χ1v) is 4.58. The van der Waals surface area contributed by atoms with Gasteiger partial charge in [0.15, 0.2) is 0 Å². The smallest absolute Gasteiger partial charge is 0.287 e. The number of carbonyl (C=O) groups excluding carboxylic acids is 3. The van der Waals surface area contributed by atoms with Crippen LogP contribution in [0.15, 0.2) is 0 Å². The molecule has 0 aromatic rings. The van der Waals surface area contributed by atoms with Crippen molar-refractivity contribution in [3.63, 3.8) is 0 Å². The number of hydrogen-bond donors (Lipinski definition) is 1. The van der Waals surface area contributed by atoms with Crippen LogP contribution in [0.5, 0.6) is 0 Å². The zero-order valence-electron chi connectivity index (χ0n) is 6.62. The molecule has 0 aromatic heterocycles. The molecule has 0 radical (unpaired) electrons. The Bertz CT molecular complexity index is 239. The molecule has 1 N–H and O–H groups in total. The SMILES string of the molecule is CC(=O)C(=O)NC1CCSC1=O. The molecule has 12 heavy (non-hydrogen) atoms. The Morgan fingerprint density at radius 1 is 1.58 bits per heavy atom. The summed E-state index contributed by atoms with van der Waals surface area (Å²) in [6.45, 7) is 1.18. The van der Waals surface area contributed by atoms with Gasteiger partial charge in [0, 0.05) is 12.7 Å². The van der Waals surface area contributed by atoms with E-state index in [4.69, 9.17) is 0 Å². The van der Waals surface area contributed by atoms with Gasteiger partial charge in [0.05, 0.1) is 6.04 Å². The van der Waals surface area contributed by atoms with E-state index in [1.54, 1.807) is 0 Å². The van der Waals surface area contributed by atoms with Crippen LogP contribution in [0.2, 0.25) is 0 Å². The minimum Gasteiger partial charge on any atom is -0.339 e. The third-order valence-electron chi connectivity index (χ3n) is 1.56. The summed E-state index contributed by atoms with van der Waals surface area (Å²) in [5.41, 5.74) is 0. The Labute approximate surface area is 74.1 Å². The first-order valence-electron chi connectivity index (χ1n) is 3.59. The molecule has 1 atom stereocenters. The lowest BCUT2D eigenvalue weighted by Gasteiger charge is -2.06. The molecule has 1 unspecified atom stereocenters. The molecule has 1 rings (SSSR count). The van der Waals surface area contributed by atoms with Gasteiger partial charge in [-0.25, -0.2) is 0 Å². The van der Waals surface area contributed by atoms with Crippen molar-refractivity contribution in [3.8, 4) is 0 Å². The van der Waals surface area contributed by atoms with Crippen molar-refractivity contribution in [2.75, 3.05) is 5.75 Å². The van der Waals surface area contributed by atoms with Gasteiger partial charge in [0.25, 0.3) is 5.91 Å². The Hall–Kier alpha value is -0.840. The molecule has 5 heteroatoms. The normalized spacial score (nSPS) is 22.4. The molecular weight excluding hydrogens is 178 g/mol. The quantitative estimate of drug-likeness (QED) is 0.604. The van der Waals surface area contributed by atoms with Crippen molar-refractivity contribution < 1.29 is 14.4 Å². The largest absolute Gasteiger partial charge is 0.339 e. The second-order valence-electron chi connectivity index (χ2n) is 2.54. The van der Waals surface area contributed by atoms with Crippen LogP contribution in [0, 0.1) is 0 Å². The van der Waals surface area contributed by atoms with E-state index >= 15 is 0 Å². The summed E-state index contributed by atoms with van der Waals surface area (Å²) in [6, 6.07) is -0.452. The number of ketones is 1. The maximum Gasteiger partial charge on any atom is 0.287 e. The minimum absolute atomic E-state index is 0.0513. The van der Waals surface area contributed by atoms with Crippen LogP contribution in [0.25, 0.3) is 0 Å². The van der Waals surface area contributed by atoms with Gasteiger partial charge < -0.3 is 5.32 Å². The maximum atomic E-state index is 11.0. The summed E-state index contributed by atoms with van der Waals surface area (Å²) in [4.78, 5) is 32.3. The lowest BCUT2D eigenvalue weighted by atomic mass is 10.2. The van der Waals surface area contributed by atoms with E-state index in [0.717, 1.165) is 5.75 Å². The summed E-state index contributed by atoms with van der Waals surface area (Å²) in [5, 5.41) is 2.32. The molecule has 0 saturated carbocycles. The van der Waals surface area contributed by atoms with Crippen molar-refractivity contribution in [2.24, 2.45) is 0 Å². The van der Waals surface area contributed by atoms with E-state index in [9.17, 15) is 14.4 Å². The fourth-order valence-corrected chi connectivity index (χ4v) is 1.82. The number of nitrogens with one attached hydrogen (secondary N) is 1. The molecular formula is C7H9NO3S. The molecule has 66 valence electrons. The van der Waals surface area contributed by atoms with Gasteiger partial charge in [0.1, 0.15) is 0 Å². The number of rotatable bonds is 2. The molecule has 1 fully saturated rings. The van der Waals surface area contributed by atoms with E-state index in [0.29, 0.717) is 6.42 Å². The third kappa shape index (κ3) is 2.07. The average Bonchev–Trinajstić information content (AvgIpc) is 2.36. The molecule has 4 nitrogen and oxygen atoms in total. The number of amides is 1. The molecule has 1 aliphatic rings. The van der Waals surface area contributed by atoms with Crippen molar-refractivity contribution in [2.45, 2.75) is 19.4 Å². The average molecular weight is 187 g/mol. The van der Waals surface area contributed by atoms with Crippen molar-refractivity contribution in [1.29, 1.82) is 0 Å². The van der Waals surface area contributed by atoms with Crippen molar-refractivity contribution in [1.82, 2.24) is 5.32 Å². The van der Waals surface area contributed by atoms with Crippen LogP contribution in [0.1, 0.15) is 13.3 Å². The monoisotopic (exact) mass is 187 g/mol. The summed E-state index contributed by atoms with van der Waals surface area (Å²) < 4.78 is 0. The van der Waals surface area contributed by atoms with E-state index in [2.05, 4.69) is 5.32 Å². The molecule has 0 aliphatic carbocycles. The Morgan fingerprint density at radius 2 is 2.25 bits per heavy atom. The number of hydrogen-bond acceptors (Lipinski definition) is 4. The van der Waals surface area contributed by atoms with E-state index < -0.39 is 17.7 Å². The summed E-state index contributed by atoms with van der Waals surface area (Å²) in [6.07, 6.45) is 0.628. The van der Waals surface area contributed by atoms with E-state index in [1.807, 2.05) is 0 Å². The standard InChI is InChI=1S/C7H9NO3S/c1-4(9)6(10)8-5-2-3-12-7(5)11/h5H,2-3H2,1H3,(H,8,10). The lowest BCUT2D eigenvalue weighted by Crippen LogP contribution is -2.40.